The van der Waals surface area contributed by atoms with E-state index in [9.17, 15) is 0 Å². The molecule has 0 aliphatic heterocycles. The summed E-state index contributed by atoms with van der Waals surface area (Å²) < 4.78 is 7.74. The molecule has 102 valence electrons. The predicted molar refractivity (Wildman–Crippen MR) is 78.9 cm³/mol. The van der Waals surface area contributed by atoms with Gasteiger partial charge in [0.25, 0.3) is 0 Å². The fourth-order valence-electron chi connectivity index (χ4n) is 2.02. The van der Waals surface area contributed by atoms with Crippen molar-refractivity contribution in [3.05, 3.63) is 65.1 Å². The first-order chi connectivity index (χ1) is 9.78. The summed E-state index contributed by atoms with van der Waals surface area (Å²) in [4.78, 5) is 4.45. The minimum atomic E-state index is 0.407. The lowest BCUT2D eigenvalue weighted by atomic mass is 10.2. The van der Waals surface area contributed by atoms with Gasteiger partial charge < -0.3 is 14.9 Å². The van der Waals surface area contributed by atoms with Gasteiger partial charge in [-0.15, -0.1) is 0 Å². The van der Waals surface area contributed by atoms with Crippen molar-refractivity contribution in [1.82, 2.24) is 9.38 Å². The van der Waals surface area contributed by atoms with Crippen LogP contribution in [0.3, 0.4) is 0 Å². The first kappa shape index (κ1) is 13.0. The molecule has 20 heavy (non-hydrogen) atoms. The quantitative estimate of drug-likeness (QED) is 0.802. The van der Waals surface area contributed by atoms with Crippen molar-refractivity contribution in [3.63, 3.8) is 0 Å². The lowest BCUT2D eigenvalue weighted by molar-refractivity contribution is 0.308. The van der Waals surface area contributed by atoms with Crippen molar-refractivity contribution in [3.8, 4) is 5.75 Å². The van der Waals surface area contributed by atoms with Gasteiger partial charge in [-0.05, 0) is 18.2 Å². The summed E-state index contributed by atoms with van der Waals surface area (Å²) >= 11 is 6.12. The molecular formula is C15H14ClN3O. The van der Waals surface area contributed by atoms with Gasteiger partial charge in [0.05, 0.1) is 5.69 Å². The Morgan fingerprint density at radius 1 is 1.20 bits per heavy atom. The average Bonchev–Trinajstić information content (AvgIpc) is 2.90. The van der Waals surface area contributed by atoms with E-state index in [4.69, 9.17) is 22.1 Å². The lowest BCUT2D eigenvalue weighted by Gasteiger charge is -2.08. The molecule has 0 amide bonds. The second-order valence-corrected chi connectivity index (χ2v) is 4.83. The van der Waals surface area contributed by atoms with Gasteiger partial charge in [-0.25, -0.2) is 4.98 Å². The molecule has 0 spiro atoms. The second-order valence-electron chi connectivity index (χ2n) is 4.42. The SMILES string of the molecule is NCc1cn2cccc(OCc3ccccc3Cl)c2n1. The summed E-state index contributed by atoms with van der Waals surface area (Å²) in [5, 5.41) is 0.699. The fraction of sp³-hybridized carbons (Fsp3) is 0.133. The van der Waals surface area contributed by atoms with E-state index in [1.54, 1.807) is 0 Å². The summed E-state index contributed by atoms with van der Waals surface area (Å²) in [6.45, 7) is 0.815. The van der Waals surface area contributed by atoms with Crippen LogP contribution < -0.4 is 10.5 Å². The molecule has 2 N–H and O–H groups in total. The highest BCUT2D eigenvalue weighted by Crippen LogP contribution is 2.22. The van der Waals surface area contributed by atoms with Gasteiger partial charge in [0.1, 0.15) is 6.61 Å². The van der Waals surface area contributed by atoms with E-state index in [0.29, 0.717) is 23.9 Å². The van der Waals surface area contributed by atoms with Gasteiger partial charge in [-0.2, -0.15) is 0 Å². The van der Waals surface area contributed by atoms with Gasteiger partial charge in [-0.3, -0.25) is 0 Å². The average molecular weight is 288 g/mol. The van der Waals surface area contributed by atoms with Crippen LogP contribution in [0.2, 0.25) is 5.02 Å². The van der Waals surface area contributed by atoms with E-state index >= 15 is 0 Å². The fourth-order valence-corrected chi connectivity index (χ4v) is 2.21. The second kappa shape index (κ2) is 5.53. The Balaban J connectivity index is 1.87. The van der Waals surface area contributed by atoms with Crippen LogP contribution in [0, 0.1) is 0 Å². The molecule has 0 bridgehead atoms. The number of aromatic nitrogens is 2. The van der Waals surface area contributed by atoms with Crippen molar-refractivity contribution in [2.24, 2.45) is 5.73 Å². The van der Waals surface area contributed by atoms with Crippen molar-refractivity contribution < 1.29 is 4.74 Å². The summed E-state index contributed by atoms with van der Waals surface area (Å²) in [6, 6.07) is 11.4. The Kier molecular flexibility index (Phi) is 3.58. The number of pyridine rings is 1. The monoisotopic (exact) mass is 287 g/mol. The normalized spacial score (nSPS) is 10.9. The third kappa shape index (κ3) is 2.48. The molecule has 0 saturated heterocycles. The minimum absolute atomic E-state index is 0.407. The van der Waals surface area contributed by atoms with E-state index < -0.39 is 0 Å². The maximum Gasteiger partial charge on any atom is 0.179 e. The van der Waals surface area contributed by atoms with Gasteiger partial charge in [0, 0.05) is 29.5 Å². The highest BCUT2D eigenvalue weighted by atomic mass is 35.5. The standard InChI is InChI=1S/C15H14ClN3O/c16-13-5-2-1-4-11(13)10-20-14-6-3-7-19-9-12(8-17)18-15(14)19/h1-7,9H,8,10,17H2. The molecule has 0 saturated carbocycles. The maximum atomic E-state index is 6.12. The third-order valence-electron chi connectivity index (χ3n) is 3.05. The van der Waals surface area contributed by atoms with E-state index in [2.05, 4.69) is 4.98 Å². The van der Waals surface area contributed by atoms with Gasteiger partial charge in [0.15, 0.2) is 11.4 Å². The number of hydrogen-bond acceptors (Lipinski definition) is 3. The minimum Gasteiger partial charge on any atom is -0.485 e. The summed E-state index contributed by atoms with van der Waals surface area (Å²) in [7, 11) is 0. The Morgan fingerprint density at radius 3 is 2.85 bits per heavy atom. The summed E-state index contributed by atoms with van der Waals surface area (Å²) in [5.41, 5.74) is 8.16. The van der Waals surface area contributed by atoms with Crippen LogP contribution in [0.4, 0.5) is 0 Å². The number of ether oxygens (including phenoxy) is 1. The van der Waals surface area contributed by atoms with E-state index in [1.807, 2.05) is 53.2 Å². The molecule has 0 aliphatic carbocycles. The third-order valence-corrected chi connectivity index (χ3v) is 3.42. The Labute approximate surface area is 121 Å². The summed E-state index contributed by atoms with van der Waals surface area (Å²) in [5.74, 6) is 0.715. The molecule has 3 aromatic rings. The van der Waals surface area contributed by atoms with Crippen LogP contribution in [0.1, 0.15) is 11.3 Å². The molecular weight excluding hydrogens is 274 g/mol. The van der Waals surface area contributed by atoms with Crippen molar-refractivity contribution in [1.29, 1.82) is 0 Å². The number of fused-ring (bicyclic) bond motifs is 1. The van der Waals surface area contributed by atoms with Crippen molar-refractivity contribution in [2.75, 3.05) is 0 Å². The summed E-state index contributed by atoms with van der Waals surface area (Å²) in [6.07, 6.45) is 3.82. The van der Waals surface area contributed by atoms with Crippen LogP contribution in [0.5, 0.6) is 5.75 Å². The molecule has 1 aromatic carbocycles. The van der Waals surface area contributed by atoms with Crippen LogP contribution >= 0.6 is 11.6 Å². The molecule has 0 radical (unpaired) electrons. The van der Waals surface area contributed by atoms with Crippen LogP contribution in [0.15, 0.2) is 48.8 Å². The zero-order chi connectivity index (χ0) is 13.9. The molecule has 2 aromatic heterocycles. The molecule has 0 fully saturated rings. The number of nitrogens with two attached hydrogens (primary N) is 1. The number of hydrogen-bond donors (Lipinski definition) is 1. The first-order valence-electron chi connectivity index (χ1n) is 6.31. The number of imidazole rings is 1. The number of nitrogens with zero attached hydrogens (tertiary/aromatic N) is 2. The molecule has 0 aliphatic rings. The Hall–Kier alpha value is -2.04. The van der Waals surface area contributed by atoms with E-state index in [1.165, 1.54) is 0 Å². The van der Waals surface area contributed by atoms with Gasteiger partial charge in [-0.1, -0.05) is 29.8 Å². The molecule has 3 rings (SSSR count). The Morgan fingerprint density at radius 2 is 2.05 bits per heavy atom. The number of benzene rings is 1. The molecule has 5 heteroatoms. The topological polar surface area (TPSA) is 52.5 Å². The molecule has 0 atom stereocenters. The largest absolute Gasteiger partial charge is 0.485 e. The smallest absolute Gasteiger partial charge is 0.179 e. The van der Waals surface area contributed by atoms with Crippen molar-refractivity contribution in [2.45, 2.75) is 13.2 Å². The van der Waals surface area contributed by atoms with E-state index in [0.717, 1.165) is 16.9 Å². The first-order valence-corrected chi connectivity index (χ1v) is 6.68. The molecule has 0 unspecified atom stereocenters. The van der Waals surface area contributed by atoms with Gasteiger partial charge >= 0.3 is 0 Å². The zero-order valence-corrected chi connectivity index (χ0v) is 11.5. The highest BCUT2D eigenvalue weighted by molar-refractivity contribution is 6.31. The van der Waals surface area contributed by atoms with Gasteiger partial charge in [0.2, 0.25) is 0 Å². The predicted octanol–water partition coefficient (Wildman–Crippen LogP) is 3.03. The lowest BCUT2D eigenvalue weighted by Crippen LogP contribution is -1.98. The van der Waals surface area contributed by atoms with Crippen LogP contribution in [0.25, 0.3) is 5.65 Å². The Bertz CT molecular complexity index is 739. The van der Waals surface area contributed by atoms with Crippen molar-refractivity contribution >= 4 is 17.2 Å². The number of halogens is 1. The van der Waals surface area contributed by atoms with Crippen LogP contribution in [-0.2, 0) is 13.2 Å². The highest BCUT2D eigenvalue weighted by Gasteiger charge is 2.07. The zero-order valence-electron chi connectivity index (χ0n) is 10.8. The number of rotatable bonds is 4. The molecule has 4 nitrogen and oxygen atoms in total. The maximum absolute atomic E-state index is 6.12. The molecule has 2 heterocycles. The van der Waals surface area contributed by atoms with Crippen LogP contribution in [-0.4, -0.2) is 9.38 Å². The van der Waals surface area contributed by atoms with E-state index in [-0.39, 0.29) is 0 Å².